The number of nitrogens with two attached hydrogens (primary N) is 1. The molecule has 0 aliphatic heterocycles. The maximum atomic E-state index is 9.60. The highest BCUT2D eigenvalue weighted by Crippen LogP contribution is 1.66. The number of carbonyl (C=O) groups excluding carboxylic acids is 1. The Labute approximate surface area is 70.9 Å². The lowest BCUT2D eigenvalue weighted by molar-refractivity contribution is 0.163. The molecule has 8 heteroatoms. The molecule has 0 fully saturated rings. The molecule has 0 saturated carbocycles. The molecule has 0 radical (unpaired) electrons. The third-order valence-electron chi connectivity index (χ3n) is 0.287. The fourth-order valence-electron chi connectivity index (χ4n) is 0.142. The van der Waals surface area contributed by atoms with E-state index in [-0.39, 0.29) is 0 Å². The van der Waals surface area contributed by atoms with E-state index >= 15 is 0 Å². The van der Waals surface area contributed by atoms with Crippen LogP contribution >= 0.6 is 0 Å². The number of primary amides is 1. The normalized spacial score (nSPS) is 5.92. The predicted molar refractivity (Wildman–Crippen MR) is 38.8 cm³/mol. The first-order chi connectivity index (χ1) is 5.50. The van der Waals surface area contributed by atoms with Crippen LogP contribution in [0.25, 0.3) is 0 Å². The van der Waals surface area contributed by atoms with Crippen molar-refractivity contribution in [2.75, 3.05) is 6.61 Å². The van der Waals surface area contributed by atoms with E-state index < -0.39 is 15.3 Å². The van der Waals surface area contributed by atoms with Crippen molar-refractivity contribution in [2.45, 2.75) is 6.92 Å². The van der Waals surface area contributed by atoms with Crippen molar-refractivity contribution in [3.63, 3.8) is 0 Å². The van der Waals surface area contributed by atoms with Crippen LogP contribution in [0.4, 0.5) is 4.79 Å². The van der Waals surface area contributed by atoms with Crippen molar-refractivity contribution in [3.05, 3.63) is 0 Å². The molecular weight excluding hydrogens is 184 g/mol. The smallest absolute Gasteiger partial charge is 0.511 e. The van der Waals surface area contributed by atoms with Gasteiger partial charge >= 0.3 is 15.3 Å². The van der Waals surface area contributed by atoms with Crippen molar-refractivity contribution < 1.29 is 23.6 Å². The van der Waals surface area contributed by atoms with Crippen molar-refractivity contribution in [3.8, 4) is 6.57 Å². The summed E-state index contributed by atoms with van der Waals surface area (Å²) in [5.74, 6) is 0. The largest absolute Gasteiger partial charge is 0.761 e. The first kappa shape index (κ1) is 16.8. The standard InChI is InChI=1S/C3H7NO2.CHN.H2O3Si/c1-2-6-3(4)5;1-2;1-4(2)3/h2H2,1H3,(H2,4,5);1H;1-2H. The maximum Gasteiger partial charge on any atom is 0.761 e. The number of rotatable bonds is 1. The van der Waals surface area contributed by atoms with Crippen LogP contribution in [0.3, 0.4) is 0 Å². The highest BCUT2D eigenvalue weighted by atomic mass is 28.3. The van der Waals surface area contributed by atoms with Crippen molar-refractivity contribution >= 4 is 15.3 Å². The average Bonchev–Trinajstić information content (AvgIpc) is 1.90. The minimum Gasteiger partial charge on any atom is -0.511 e. The number of carbonyl (C=O) groups is 1. The Hall–Kier alpha value is -1.62. The zero-order valence-corrected chi connectivity index (χ0v) is 7.43. The van der Waals surface area contributed by atoms with Gasteiger partial charge in [0.25, 0.3) is 0 Å². The third-order valence-corrected chi connectivity index (χ3v) is 0.287. The molecule has 7 nitrogen and oxygen atoms in total. The molecule has 1 amide bonds. The molecule has 0 aromatic rings. The maximum absolute atomic E-state index is 9.60. The molecule has 0 rings (SSSR count). The van der Waals surface area contributed by atoms with Crippen LogP contribution in [0.15, 0.2) is 0 Å². The van der Waals surface area contributed by atoms with Gasteiger partial charge in [-0.3, -0.25) is 4.46 Å². The number of nitriles is 1. The number of nitrogens with zero attached hydrogens (tertiary/aromatic N) is 1. The van der Waals surface area contributed by atoms with E-state index in [2.05, 4.69) is 17.0 Å². The molecule has 4 N–H and O–H groups in total. The van der Waals surface area contributed by atoms with Gasteiger partial charge in [-0.2, -0.15) is 0 Å². The van der Waals surface area contributed by atoms with Gasteiger partial charge in [0.05, 0.1) is 6.61 Å². The fourth-order valence-corrected chi connectivity index (χ4v) is 0.142. The molecule has 0 heterocycles. The Balaban J connectivity index is -0.000000118. The Kier molecular flexibility index (Phi) is 22.6. The zero-order valence-electron chi connectivity index (χ0n) is 6.43. The summed E-state index contributed by atoms with van der Waals surface area (Å²) >= 11 is 0. The van der Waals surface area contributed by atoms with Crippen LogP contribution in [0, 0.1) is 11.8 Å². The number of hydrogen-bond acceptors (Lipinski definition) is 4. The molecular formula is C4H10N2O5Si. The monoisotopic (exact) mass is 194 g/mol. The highest BCUT2D eigenvalue weighted by Gasteiger charge is 1.85. The first-order valence-corrected chi connectivity index (χ1v) is 3.90. The van der Waals surface area contributed by atoms with Gasteiger partial charge in [0, 0.05) is 6.57 Å². The lowest BCUT2D eigenvalue weighted by Gasteiger charge is -1.89. The minimum atomic E-state index is -3.13. The van der Waals surface area contributed by atoms with E-state index in [1.54, 1.807) is 6.92 Å². The summed E-state index contributed by atoms with van der Waals surface area (Å²) < 4.78 is 12.9. The quantitative estimate of drug-likeness (QED) is 0.441. The molecule has 0 aliphatic rings. The van der Waals surface area contributed by atoms with Gasteiger partial charge in [-0.15, -0.1) is 0 Å². The van der Waals surface area contributed by atoms with E-state index in [0.29, 0.717) is 6.61 Å². The highest BCUT2D eigenvalue weighted by molar-refractivity contribution is 6.22. The van der Waals surface area contributed by atoms with E-state index in [1.165, 1.54) is 0 Å². The lowest BCUT2D eigenvalue weighted by atomic mass is 10.9. The summed E-state index contributed by atoms with van der Waals surface area (Å²) in [7, 11) is -3.13. The summed E-state index contributed by atoms with van der Waals surface area (Å²) in [6.07, 6.45) is -0.711. The molecule has 0 aliphatic carbocycles. The van der Waals surface area contributed by atoms with Gasteiger partial charge < -0.3 is 20.1 Å². The molecule has 0 saturated heterocycles. The van der Waals surface area contributed by atoms with Gasteiger partial charge in [0.1, 0.15) is 0 Å². The number of hydrogen-bond donors (Lipinski definition) is 3. The second kappa shape index (κ2) is 16.2. The summed E-state index contributed by atoms with van der Waals surface area (Å²) in [6, 6.07) is 0. The molecule has 70 valence electrons. The van der Waals surface area contributed by atoms with Crippen LogP contribution in [0.1, 0.15) is 6.92 Å². The number of ether oxygens (including phenoxy) is 1. The minimum absolute atomic E-state index is 0.356. The van der Waals surface area contributed by atoms with E-state index in [9.17, 15) is 4.79 Å². The Morgan fingerprint density at radius 3 is 1.92 bits per heavy atom. The molecule has 0 unspecified atom stereocenters. The molecule has 0 atom stereocenters. The van der Waals surface area contributed by atoms with Crippen LogP contribution in [-0.4, -0.2) is 31.5 Å². The Morgan fingerprint density at radius 1 is 1.67 bits per heavy atom. The van der Waals surface area contributed by atoms with Crippen LogP contribution in [0.5, 0.6) is 0 Å². The second-order valence-electron chi connectivity index (χ2n) is 1.03. The SMILES string of the molecule is C#N.CCOC(N)=O.O=[Si](O)O. The van der Waals surface area contributed by atoms with Gasteiger partial charge in [0.2, 0.25) is 0 Å². The van der Waals surface area contributed by atoms with E-state index in [4.69, 9.17) is 19.3 Å². The third kappa shape index (κ3) is 240. The van der Waals surface area contributed by atoms with Crippen LogP contribution in [-0.2, 0) is 9.20 Å². The Morgan fingerprint density at radius 2 is 1.92 bits per heavy atom. The van der Waals surface area contributed by atoms with Crippen molar-refractivity contribution in [2.24, 2.45) is 5.73 Å². The van der Waals surface area contributed by atoms with Crippen LogP contribution < -0.4 is 5.73 Å². The van der Waals surface area contributed by atoms with Gasteiger partial charge in [-0.1, -0.05) is 0 Å². The van der Waals surface area contributed by atoms with Crippen molar-refractivity contribution in [1.29, 1.82) is 5.26 Å². The Bertz CT molecular complexity index is 144. The first-order valence-electron chi connectivity index (χ1n) is 2.60. The molecule has 0 spiro atoms. The van der Waals surface area contributed by atoms with E-state index in [1.807, 2.05) is 0 Å². The van der Waals surface area contributed by atoms with Gasteiger partial charge in [-0.25, -0.2) is 10.1 Å². The zero-order chi connectivity index (χ0) is 10.6. The van der Waals surface area contributed by atoms with Crippen molar-refractivity contribution in [1.82, 2.24) is 0 Å². The molecule has 0 bridgehead atoms. The summed E-state index contributed by atoms with van der Waals surface area (Å²) in [5.41, 5.74) is 4.54. The molecule has 12 heavy (non-hydrogen) atoms. The topological polar surface area (TPSA) is 134 Å². The average molecular weight is 194 g/mol. The van der Waals surface area contributed by atoms with Gasteiger partial charge in [0.15, 0.2) is 0 Å². The number of amides is 1. The second-order valence-corrected chi connectivity index (χ2v) is 1.60. The summed E-state index contributed by atoms with van der Waals surface area (Å²) in [4.78, 5) is 23.9. The predicted octanol–water partition coefficient (Wildman–Crippen LogP) is -1.37. The lowest BCUT2D eigenvalue weighted by Crippen LogP contribution is -2.11. The summed E-state index contributed by atoms with van der Waals surface area (Å²) in [5, 5.41) is 6.50. The fraction of sp³-hybridized carbons (Fsp3) is 0.500. The molecule has 0 aromatic heterocycles. The molecule has 0 aromatic carbocycles. The van der Waals surface area contributed by atoms with Crippen LogP contribution in [0.2, 0.25) is 0 Å². The van der Waals surface area contributed by atoms with E-state index in [0.717, 1.165) is 0 Å². The summed E-state index contributed by atoms with van der Waals surface area (Å²) in [6.45, 7) is 5.56. The van der Waals surface area contributed by atoms with Gasteiger partial charge in [-0.05, 0) is 6.92 Å².